The molecule has 1 saturated heterocycles. The van der Waals surface area contributed by atoms with E-state index in [1.54, 1.807) is 0 Å². The second-order valence-corrected chi connectivity index (χ2v) is 5.92. The van der Waals surface area contributed by atoms with Gasteiger partial charge in [0.25, 0.3) is 0 Å². The molecule has 1 fully saturated rings. The van der Waals surface area contributed by atoms with Gasteiger partial charge in [0.05, 0.1) is 5.60 Å². The van der Waals surface area contributed by atoms with Crippen LogP contribution in [0.2, 0.25) is 0 Å². The molecule has 1 unspecified atom stereocenters. The van der Waals surface area contributed by atoms with Crippen molar-refractivity contribution < 1.29 is 24.2 Å². The Kier molecular flexibility index (Phi) is 6.61. The highest BCUT2D eigenvalue weighted by Gasteiger charge is 2.29. The van der Waals surface area contributed by atoms with Crippen molar-refractivity contribution in [2.75, 3.05) is 6.61 Å². The highest BCUT2D eigenvalue weighted by atomic mass is 16.5. The molecule has 0 radical (unpaired) electrons. The Labute approximate surface area is 124 Å². The summed E-state index contributed by atoms with van der Waals surface area (Å²) in [6.07, 6.45) is 2.50. The van der Waals surface area contributed by atoms with Gasteiger partial charge in [0.15, 0.2) is 0 Å². The SMILES string of the molecule is CC1(C)CC(NC(=O)NC(=O)CCCCC(=O)O)CCO1. The lowest BCUT2D eigenvalue weighted by atomic mass is 9.94. The maximum Gasteiger partial charge on any atom is 0.321 e. The minimum Gasteiger partial charge on any atom is -0.481 e. The number of hydrogen-bond acceptors (Lipinski definition) is 4. The summed E-state index contributed by atoms with van der Waals surface area (Å²) in [4.78, 5) is 33.5. The fourth-order valence-corrected chi connectivity index (χ4v) is 2.33. The number of nitrogens with one attached hydrogen (secondary N) is 2. The molecular weight excluding hydrogens is 276 g/mol. The van der Waals surface area contributed by atoms with E-state index in [2.05, 4.69) is 10.6 Å². The van der Waals surface area contributed by atoms with Gasteiger partial charge in [-0.1, -0.05) is 0 Å². The van der Waals surface area contributed by atoms with Crippen LogP contribution in [0.1, 0.15) is 52.4 Å². The third-order valence-corrected chi connectivity index (χ3v) is 3.33. The van der Waals surface area contributed by atoms with Gasteiger partial charge < -0.3 is 15.2 Å². The van der Waals surface area contributed by atoms with Crippen molar-refractivity contribution in [2.24, 2.45) is 0 Å². The van der Waals surface area contributed by atoms with Gasteiger partial charge in [-0.25, -0.2) is 4.79 Å². The molecule has 1 heterocycles. The van der Waals surface area contributed by atoms with E-state index in [-0.39, 0.29) is 30.4 Å². The van der Waals surface area contributed by atoms with Gasteiger partial charge in [-0.05, 0) is 39.5 Å². The molecule has 21 heavy (non-hydrogen) atoms. The number of carbonyl (C=O) groups excluding carboxylic acids is 2. The zero-order chi connectivity index (χ0) is 15.9. The van der Waals surface area contributed by atoms with Gasteiger partial charge >= 0.3 is 12.0 Å². The molecule has 0 aromatic rings. The Bertz CT molecular complexity index is 395. The molecule has 0 saturated carbocycles. The average molecular weight is 300 g/mol. The van der Waals surface area contributed by atoms with Crippen molar-refractivity contribution in [2.45, 2.75) is 64.0 Å². The smallest absolute Gasteiger partial charge is 0.321 e. The molecule has 3 N–H and O–H groups in total. The fraction of sp³-hybridized carbons (Fsp3) is 0.786. The Morgan fingerprint density at radius 3 is 2.52 bits per heavy atom. The average Bonchev–Trinajstić information content (AvgIpc) is 2.32. The highest BCUT2D eigenvalue weighted by molar-refractivity contribution is 5.94. The van der Waals surface area contributed by atoms with E-state index in [1.807, 2.05) is 13.8 Å². The van der Waals surface area contributed by atoms with E-state index in [9.17, 15) is 14.4 Å². The summed E-state index contributed by atoms with van der Waals surface area (Å²) in [5.41, 5.74) is -0.267. The first-order valence-electron chi connectivity index (χ1n) is 7.24. The van der Waals surface area contributed by atoms with Crippen molar-refractivity contribution >= 4 is 17.9 Å². The summed E-state index contributed by atoms with van der Waals surface area (Å²) in [7, 11) is 0. The van der Waals surface area contributed by atoms with Crippen LogP contribution < -0.4 is 10.6 Å². The predicted octanol–water partition coefficient (Wildman–Crippen LogP) is 1.41. The zero-order valence-electron chi connectivity index (χ0n) is 12.6. The van der Waals surface area contributed by atoms with E-state index < -0.39 is 12.0 Å². The van der Waals surface area contributed by atoms with E-state index in [4.69, 9.17) is 9.84 Å². The Balaban J connectivity index is 2.20. The largest absolute Gasteiger partial charge is 0.481 e. The molecule has 0 bridgehead atoms. The number of unbranched alkanes of at least 4 members (excludes halogenated alkanes) is 1. The Hall–Kier alpha value is -1.63. The van der Waals surface area contributed by atoms with Gasteiger partial charge in [0.1, 0.15) is 0 Å². The van der Waals surface area contributed by atoms with Crippen molar-refractivity contribution in [1.82, 2.24) is 10.6 Å². The van der Waals surface area contributed by atoms with Crippen molar-refractivity contribution in [3.63, 3.8) is 0 Å². The summed E-state index contributed by atoms with van der Waals surface area (Å²) in [6, 6.07) is -0.505. The second-order valence-electron chi connectivity index (χ2n) is 5.92. The number of rotatable bonds is 6. The molecule has 7 nitrogen and oxygen atoms in total. The van der Waals surface area contributed by atoms with E-state index in [1.165, 1.54) is 0 Å². The Morgan fingerprint density at radius 2 is 1.90 bits per heavy atom. The van der Waals surface area contributed by atoms with Crippen LogP contribution in [-0.2, 0) is 14.3 Å². The lowest BCUT2D eigenvalue weighted by molar-refractivity contribution is -0.137. The zero-order valence-corrected chi connectivity index (χ0v) is 12.6. The lowest BCUT2D eigenvalue weighted by Crippen LogP contribution is -2.50. The van der Waals surface area contributed by atoms with E-state index in [0.29, 0.717) is 25.9 Å². The Morgan fingerprint density at radius 1 is 1.24 bits per heavy atom. The molecule has 1 aliphatic rings. The summed E-state index contributed by atoms with van der Waals surface area (Å²) < 4.78 is 5.56. The van der Waals surface area contributed by atoms with Crippen LogP contribution in [0.3, 0.4) is 0 Å². The molecule has 1 atom stereocenters. The monoisotopic (exact) mass is 300 g/mol. The molecule has 0 aromatic carbocycles. The summed E-state index contributed by atoms with van der Waals surface area (Å²) in [5, 5.41) is 13.5. The van der Waals surface area contributed by atoms with Crippen LogP contribution in [0.5, 0.6) is 0 Å². The highest BCUT2D eigenvalue weighted by Crippen LogP contribution is 2.23. The second kappa shape index (κ2) is 7.97. The van der Waals surface area contributed by atoms with E-state index >= 15 is 0 Å². The minimum atomic E-state index is -0.879. The first-order chi connectivity index (χ1) is 9.78. The maximum atomic E-state index is 11.7. The molecule has 0 spiro atoms. The number of carbonyl (C=O) groups is 3. The van der Waals surface area contributed by atoms with Crippen molar-refractivity contribution in [3.05, 3.63) is 0 Å². The third kappa shape index (κ3) is 7.65. The number of urea groups is 1. The van der Waals surface area contributed by atoms with Gasteiger partial charge in [-0.3, -0.25) is 14.9 Å². The van der Waals surface area contributed by atoms with Crippen LogP contribution in [0, 0.1) is 0 Å². The van der Waals surface area contributed by atoms with Crippen LogP contribution in [0.25, 0.3) is 0 Å². The maximum absolute atomic E-state index is 11.7. The number of carboxylic acid groups (broad SMARTS) is 1. The van der Waals surface area contributed by atoms with Crippen LogP contribution >= 0.6 is 0 Å². The molecule has 120 valence electrons. The van der Waals surface area contributed by atoms with Crippen LogP contribution in [0.4, 0.5) is 4.79 Å². The molecular formula is C14H24N2O5. The molecule has 1 rings (SSSR count). The predicted molar refractivity (Wildman–Crippen MR) is 75.8 cm³/mol. The molecule has 1 aliphatic heterocycles. The fourth-order valence-electron chi connectivity index (χ4n) is 2.33. The number of ether oxygens (including phenoxy) is 1. The number of amides is 3. The van der Waals surface area contributed by atoms with Gasteiger partial charge in [-0.2, -0.15) is 0 Å². The molecule has 0 aliphatic carbocycles. The summed E-state index contributed by atoms with van der Waals surface area (Å²) in [6.45, 7) is 4.51. The number of hydrogen-bond donors (Lipinski definition) is 3. The summed E-state index contributed by atoms with van der Waals surface area (Å²) >= 11 is 0. The normalized spacial score (nSPS) is 20.6. The van der Waals surface area contributed by atoms with Gasteiger partial charge in [-0.15, -0.1) is 0 Å². The van der Waals surface area contributed by atoms with E-state index in [0.717, 1.165) is 6.42 Å². The quantitative estimate of drug-likeness (QED) is 0.643. The van der Waals surface area contributed by atoms with Gasteiger partial charge in [0, 0.05) is 25.5 Å². The molecule has 0 aromatic heterocycles. The number of imide groups is 1. The number of carboxylic acids is 1. The van der Waals surface area contributed by atoms with Gasteiger partial charge in [0.2, 0.25) is 5.91 Å². The topological polar surface area (TPSA) is 105 Å². The van der Waals surface area contributed by atoms with Crippen LogP contribution in [-0.4, -0.2) is 41.3 Å². The minimum absolute atomic E-state index is 0.00596. The van der Waals surface area contributed by atoms with Crippen molar-refractivity contribution in [1.29, 1.82) is 0 Å². The first kappa shape index (κ1) is 17.4. The molecule has 3 amide bonds. The molecule has 7 heteroatoms. The summed E-state index contributed by atoms with van der Waals surface area (Å²) in [5.74, 6) is -1.26. The third-order valence-electron chi connectivity index (χ3n) is 3.33. The first-order valence-corrected chi connectivity index (χ1v) is 7.24. The number of aliphatic carboxylic acids is 1. The van der Waals surface area contributed by atoms with Crippen LogP contribution in [0.15, 0.2) is 0 Å². The standard InChI is InChI=1S/C14H24N2O5/c1-14(2)9-10(7-8-21-14)15-13(20)16-11(17)5-3-4-6-12(18)19/h10H,3-9H2,1-2H3,(H,18,19)(H2,15,16,17,20). The lowest BCUT2D eigenvalue weighted by Gasteiger charge is -2.35. The van der Waals surface area contributed by atoms with Crippen molar-refractivity contribution in [3.8, 4) is 0 Å².